The van der Waals surface area contributed by atoms with Crippen molar-refractivity contribution in [2.45, 2.75) is 57.0 Å². The van der Waals surface area contributed by atoms with E-state index in [4.69, 9.17) is 5.73 Å². The number of carbonyl (C=O) groups is 1. The summed E-state index contributed by atoms with van der Waals surface area (Å²) in [6.07, 6.45) is 8.13. The summed E-state index contributed by atoms with van der Waals surface area (Å²) in [5, 5.41) is 3.55. The van der Waals surface area contributed by atoms with Gasteiger partial charge in [0.2, 0.25) is 5.91 Å². The lowest BCUT2D eigenvalue weighted by Gasteiger charge is -2.57. The Balaban J connectivity index is 1.76. The maximum atomic E-state index is 11.2. The van der Waals surface area contributed by atoms with Crippen molar-refractivity contribution in [3.8, 4) is 0 Å². The van der Waals surface area contributed by atoms with Crippen LogP contribution < -0.4 is 11.1 Å². The zero-order chi connectivity index (χ0) is 11.3. The molecule has 0 aliphatic heterocycles. The fourth-order valence-corrected chi connectivity index (χ4v) is 4.82. The summed E-state index contributed by atoms with van der Waals surface area (Å²) < 4.78 is 0. The second-order valence-electron chi connectivity index (χ2n) is 6.47. The van der Waals surface area contributed by atoms with Gasteiger partial charge in [0.05, 0.1) is 6.04 Å². The van der Waals surface area contributed by atoms with Crippen molar-refractivity contribution >= 4 is 5.91 Å². The highest BCUT2D eigenvalue weighted by Crippen LogP contribution is 2.55. The summed E-state index contributed by atoms with van der Waals surface area (Å²) in [4.78, 5) is 11.2. The van der Waals surface area contributed by atoms with Crippen LogP contribution in [0.25, 0.3) is 0 Å². The van der Waals surface area contributed by atoms with Crippen LogP contribution in [0, 0.1) is 17.8 Å². The van der Waals surface area contributed by atoms with Gasteiger partial charge in [-0.15, -0.1) is 0 Å². The average molecular weight is 222 g/mol. The molecule has 3 heteroatoms. The van der Waals surface area contributed by atoms with Crippen LogP contribution in [0.4, 0.5) is 0 Å². The highest BCUT2D eigenvalue weighted by molar-refractivity contribution is 5.79. The van der Waals surface area contributed by atoms with E-state index in [0.717, 1.165) is 17.8 Å². The van der Waals surface area contributed by atoms with E-state index < -0.39 is 0 Å². The number of hydrogen-bond donors (Lipinski definition) is 2. The topological polar surface area (TPSA) is 55.1 Å². The van der Waals surface area contributed by atoms with Crippen molar-refractivity contribution in [3.63, 3.8) is 0 Å². The molecule has 4 bridgehead atoms. The van der Waals surface area contributed by atoms with E-state index >= 15 is 0 Å². The number of nitrogens with two attached hydrogens (primary N) is 1. The molecule has 3 N–H and O–H groups in total. The van der Waals surface area contributed by atoms with Crippen LogP contribution in [0.5, 0.6) is 0 Å². The Morgan fingerprint density at radius 3 is 2.00 bits per heavy atom. The van der Waals surface area contributed by atoms with Gasteiger partial charge in [-0.25, -0.2) is 0 Å². The molecule has 4 fully saturated rings. The molecule has 4 aliphatic carbocycles. The van der Waals surface area contributed by atoms with Gasteiger partial charge >= 0.3 is 0 Å². The van der Waals surface area contributed by atoms with Crippen LogP contribution in [0.1, 0.15) is 45.4 Å². The predicted molar refractivity (Wildman–Crippen MR) is 62.7 cm³/mol. The lowest BCUT2D eigenvalue weighted by Crippen LogP contribution is -2.62. The summed E-state index contributed by atoms with van der Waals surface area (Å²) in [5.74, 6) is 2.53. The van der Waals surface area contributed by atoms with Gasteiger partial charge in [0.15, 0.2) is 0 Å². The number of rotatable bonds is 3. The number of primary amides is 1. The molecule has 3 nitrogen and oxygen atoms in total. The molecule has 0 spiro atoms. The van der Waals surface area contributed by atoms with Gasteiger partial charge in [0.25, 0.3) is 0 Å². The summed E-state index contributed by atoms with van der Waals surface area (Å²) in [7, 11) is 0. The molecule has 4 aliphatic rings. The summed E-state index contributed by atoms with van der Waals surface area (Å²) in [6.45, 7) is 1.90. The molecule has 0 saturated heterocycles. The Morgan fingerprint density at radius 2 is 1.62 bits per heavy atom. The third-order valence-electron chi connectivity index (χ3n) is 4.99. The van der Waals surface area contributed by atoms with E-state index in [1.807, 2.05) is 6.92 Å². The van der Waals surface area contributed by atoms with Gasteiger partial charge < -0.3 is 11.1 Å². The molecule has 90 valence electrons. The summed E-state index contributed by atoms with van der Waals surface area (Å²) in [6, 6.07) is -0.170. The van der Waals surface area contributed by atoms with Crippen LogP contribution >= 0.6 is 0 Å². The molecule has 0 unspecified atom stereocenters. The fourth-order valence-electron chi connectivity index (χ4n) is 4.82. The predicted octanol–water partition coefficient (Wildman–Crippen LogP) is 1.42. The van der Waals surface area contributed by atoms with Crippen LogP contribution in [0.3, 0.4) is 0 Å². The monoisotopic (exact) mass is 222 g/mol. The Kier molecular flexibility index (Phi) is 2.29. The molecule has 4 rings (SSSR count). The molecule has 0 aromatic carbocycles. The first-order valence-corrected chi connectivity index (χ1v) is 6.63. The fraction of sp³-hybridized carbons (Fsp3) is 0.923. The van der Waals surface area contributed by atoms with Crippen molar-refractivity contribution in [1.82, 2.24) is 5.32 Å². The van der Waals surface area contributed by atoms with Gasteiger partial charge in [-0.1, -0.05) is 0 Å². The molecule has 1 atom stereocenters. The molecule has 0 radical (unpaired) electrons. The standard InChI is InChI=1S/C13H22N2O/c1-8(12(14)16)15-13-5-9-2-10(6-13)4-11(3-9)7-13/h8-11,15H,2-7H2,1H3,(H2,14,16)/t8-,9?,10?,11?,13?/m0/s1. The van der Waals surface area contributed by atoms with Crippen LogP contribution in [-0.4, -0.2) is 17.5 Å². The lowest BCUT2D eigenvalue weighted by atomic mass is 9.53. The van der Waals surface area contributed by atoms with E-state index in [9.17, 15) is 4.79 Å². The van der Waals surface area contributed by atoms with Crippen molar-refractivity contribution in [3.05, 3.63) is 0 Å². The summed E-state index contributed by atoms with van der Waals surface area (Å²) in [5.41, 5.74) is 5.62. The van der Waals surface area contributed by atoms with Crippen LogP contribution in [-0.2, 0) is 4.79 Å². The maximum Gasteiger partial charge on any atom is 0.234 e. The number of hydrogen-bond acceptors (Lipinski definition) is 2. The first kappa shape index (κ1) is 10.6. The van der Waals surface area contributed by atoms with Crippen LogP contribution in [0.2, 0.25) is 0 Å². The van der Waals surface area contributed by atoms with E-state index in [2.05, 4.69) is 5.32 Å². The van der Waals surface area contributed by atoms with E-state index in [0.29, 0.717) is 0 Å². The maximum absolute atomic E-state index is 11.2. The van der Waals surface area contributed by atoms with Crippen molar-refractivity contribution in [2.24, 2.45) is 23.5 Å². The highest BCUT2D eigenvalue weighted by Gasteiger charge is 2.51. The Morgan fingerprint density at radius 1 is 1.19 bits per heavy atom. The zero-order valence-corrected chi connectivity index (χ0v) is 10.0. The van der Waals surface area contributed by atoms with Gasteiger partial charge in [-0.05, 0) is 63.2 Å². The molecule has 0 aromatic heterocycles. The van der Waals surface area contributed by atoms with E-state index in [1.165, 1.54) is 38.5 Å². The van der Waals surface area contributed by atoms with Crippen molar-refractivity contribution in [1.29, 1.82) is 0 Å². The minimum absolute atomic E-state index is 0.170. The quantitative estimate of drug-likeness (QED) is 0.758. The molecule has 0 aromatic rings. The zero-order valence-electron chi connectivity index (χ0n) is 10.0. The Hall–Kier alpha value is -0.570. The minimum Gasteiger partial charge on any atom is -0.368 e. The third kappa shape index (κ3) is 1.65. The first-order chi connectivity index (χ1) is 7.56. The molecule has 4 saturated carbocycles. The molecule has 0 heterocycles. The SMILES string of the molecule is C[C@H](NC12CC3CC(CC(C3)C1)C2)C(N)=O. The number of carbonyl (C=O) groups excluding carboxylic acids is 1. The van der Waals surface area contributed by atoms with Crippen molar-refractivity contribution in [2.75, 3.05) is 0 Å². The van der Waals surface area contributed by atoms with Crippen LogP contribution in [0.15, 0.2) is 0 Å². The third-order valence-corrected chi connectivity index (χ3v) is 4.99. The van der Waals surface area contributed by atoms with E-state index in [-0.39, 0.29) is 17.5 Å². The van der Waals surface area contributed by atoms with Gasteiger partial charge in [-0.3, -0.25) is 4.79 Å². The Labute approximate surface area is 97.2 Å². The summed E-state index contributed by atoms with van der Waals surface area (Å²) >= 11 is 0. The molecule has 16 heavy (non-hydrogen) atoms. The minimum atomic E-state index is -0.212. The number of nitrogens with one attached hydrogen (secondary N) is 1. The Bertz CT molecular complexity index is 278. The molecule has 1 amide bonds. The highest BCUT2D eigenvalue weighted by atomic mass is 16.1. The average Bonchev–Trinajstić information content (AvgIpc) is 2.13. The number of amides is 1. The first-order valence-electron chi connectivity index (χ1n) is 6.63. The van der Waals surface area contributed by atoms with Gasteiger partial charge in [-0.2, -0.15) is 0 Å². The van der Waals surface area contributed by atoms with E-state index in [1.54, 1.807) is 0 Å². The largest absolute Gasteiger partial charge is 0.368 e. The second-order valence-corrected chi connectivity index (χ2v) is 6.47. The molecular weight excluding hydrogens is 200 g/mol. The van der Waals surface area contributed by atoms with Gasteiger partial charge in [0.1, 0.15) is 0 Å². The normalized spacial score (nSPS) is 46.9. The second kappa shape index (κ2) is 3.46. The van der Waals surface area contributed by atoms with Gasteiger partial charge in [0, 0.05) is 5.54 Å². The van der Waals surface area contributed by atoms with Crippen molar-refractivity contribution < 1.29 is 4.79 Å². The molecular formula is C13H22N2O. The lowest BCUT2D eigenvalue weighted by molar-refractivity contribution is -0.121. The smallest absolute Gasteiger partial charge is 0.234 e.